The van der Waals surface area contributed by atoms with Crippen molar-refractivity contribution >= 4 is 49.7 Å². The molecular weight excluding hydrogens is 387 g/mol. The summed E-state index contributed by atoms with van der Waals surface area (Å²) in [6, 6.07) is 5.02. The molecule has 1 aromatic heterocycles. The lowest BCUT2D eigenvalue weighted by atomic mass is 10.1. The molecule has 0 aliphatic carbocycles. The predicted octanol–water partition coefficient (Wildman–Crippen LogP) is 4.95. The largest absolute Gasteiger partial charge is 0.496 e. The molecule has 0 saturated heterocycles. The van der Waals surface area contributed by atoms with E-state index < -0.39 is 0 Å². The van der Waals surface area contributed by atoms with Crippen LogP contribution in [0.2, 0.25) is 5.02 Å². The zero-order valence-electron chi connectivity index (χ0n) is 9.17. The Labute approximate surface area is 125 Å². The lowest BCUT2D eigenvalue weighted by Crippen LogP contribution is -1.90. The lowest BCUT2D eigenvalue weighted by Gasteiger charge is -2.11. The molecule has 0 unspecified atom stereocenters. The van der Waals surface area contributed by atoms with E-state index in [1.807, 2.05) is 0 Å². The van der Waals surface area contributed by atoms with Crippen LogP contribution in [-0.4, -0.2) is 13.4 Å². The van der Waals surface area contributed by atoms with E-state index in [1.165, 1.54) is 0 Å². The van der Waals surface area contributed by atoms with Crippen molar-refractivity contribution in [2.45, 2.75) is 0 Å². The first-order valence-electron chi connectivity index (χ1n) is 4.85. The van der Waals surface area contributed by atoms with Crippen LogP contribution in [0, 0.1) is 0 Å². The van der Waals surface area contributed by atoms with Crippen molar-refractivity contribution in [3.63, 3.8) is 0 Å². The maximum atomic E-state index is 10.6. The molecule has 0 bridgehead atoms. The first kappa shape index (κ1) is 13.6. The van der Waals surface area contributed by atoms with Crippen molar-refractivity contribution < 1.29 is 13.9 Å². The van der Waals surface area contributed by atoms with Gasteiger partial charge in [-0.05, 0) is 50.1 Å². The summed E-state index contributed by atoms with van der Waals surface area (Å²) in [7, 11) is 1.55. The Balaban J connectivity index is 2.68. The molecule has 0 amide bonds. The Morgan fingerprint density at radius 1 is 1.39 bits per heavy atom. The molecule has 2 rings (SSSR count). The van der Waals surface area contributed by atoms with E-state index in [1.54, 1.807) is 25.3 Å². The molecule has 1 heterocycles. The maximum absolute atomic E-state index is 10.6. The van der Waals surface area contributed by atoms with E-state index in [2.05, 4.69) is 31.9 Å². The number of benzene rings is 1. The van der Waals surface area contributed by atoms with E-state index in [0.29, 0.717) is 37.3 Å². The van der Waals surface area contributed by atoms with Crippen LogP contribution in [0.5, 0.6) is 5.75 Å². The molecule has 0 saturated carbocycles. The molecule has 0 atom stereocenters. The minimum atomic E-state index is 0.248. The Morgan fingerprint density at radius 3 is 2.67 bits per heavy atom. The second kappa shape index (κ2) is 5.47. The number of furan rings is 1. The van der Waals surface area contributed by atoms with Crippen LogP contribution in [0.3, 0.4) is 0 Å². The number of hydrogen-bond donors (Lipinski definition) is 0. The molecule has 0 fully saturated rings. The molecular formula is C12H7Br2ClO3. The van der Waals surface area contributed by atoms with Crippen LogP contribution in [0.1, 0.15) is 10.6 Å². The van der Waals surface area contributed by atoms with Crippen LogP contribution >= 0.6 is 43.5 Å². The number of halogens is 3. The molecule has 0 N–H and O–H groups in total. The maximum Gasteiger partial charge on any atom is 0.185 e. The fourth-order valence-electron chi connectivity index (χ4n) is 1.51. The third-order valence-electron chi connectivity index (χ3n) is 2.34. The number of rotatable bonds is 3. The summed E-state index contributed by atoms with van der Waals surface area (Å²) >= 11 is 12.9. The predicted molar refractivity (Wildman–Crippen MR) is 76.5 cm³/mol. The Morgan fingerprint density at radius 2 is 2.11 bits per heavy atom. The van der Waals surface area contributed by atoms with Gasteiger partial charge in [0.1, 0.15) is 11.5 Å². The number of ether oxygens (including phenoxy) is 1. The summed E-state index contributed by atoms with van der Waals surface area (Å²) in [4.78, 5) is 10.6. The zero-order valence-corrected chi connectivity index (χ0v) is 13.1. The van der Waals surface area contributed by atoms with Gasteiger partial charge in [0.15, 0.2) is 12.0 Å². The molecule has 0 aliphatic rings. The highest BCUT2D eigenvalue weighted by atomic mass is 79.9. The van der Waals surface area contributed by atoms with Gasteiger partial charge in [-0.25, -0.2) is 0 Å². The fraction of sp³-hybridized carbons (Fsp3) is 0.0833. The van der Waals surface area contributed by atoms with Crippen molar-refractivity contribution in [1.82, 2.24) is 0 Å². The highest BCUT2D eigenvalue weighted by Crippen LogP contribution is 2.45. The molecule has 3 nitrogen and oxygen atoms in total. The Bertz CT molecular complexity index is 608. The highest BCUT2D eigenvalue weighted by molar-refractivity contribution is 9.11. The molecule has 0 aliphatic heterocycles. The first-order chi connectivity index (χ1) is 8.58. The van der Waals surface area contributed by atoms with E-state index >= 15 is 0 Å². The third kappa shape index (κ3) is 2.35. The molecule has 2 aromatic rings. The molecule has 1 aromatic carbocycles. The van der Waals surface area contributed by atoms with Crippen LogP contribution < -0.4 is 4.74 Å². The van der Waals surface area contributed by atoms with Gasteiger partial charge in [0.05, 0.1) is 22.2 Å². The van der Waals surface area contributed by atoms with Crippen molar-refractivity contribution in [2.24, 2.45) is 0 Å². The Hall–Kier alpha value is -0.780. The normalized spacial score (nSPS) is 10.4. The zero-order chi connectivity index (χ0) is 13.3. The highest BCUT2D eigenvalue weighted by Gasteiger charge is 2.19. The topological polar surface area (TPSA) is 39.4 Å². The van der Waals surface area contributed by atoms with E-state index in [-0.39, 0.29) is 5.76 Å². The monoisotopic (exact) mass is 392 g/mol. The molecule has 94 valence electrons. The van der Waals surface area contributed by atoms with Gasteiger partial charge in [-0.2, -0.15) is 0 Å². The van der Waals surface area contributed by atoms with Gasteiger partial charge in [-0.3, -0.25) is 4.79 Å². The summed E-state index contributed by atoms with van der Waals surface area (Å²) in [6.07, 6.45) is 0.643. The average molecular weight is 394 g/mol. The first-order valence-corrected chi connectivity index (χ1v) is 6.81. The minimum absolute atomic E-state index is 0.248. The molecule has 0 spiro atoms. The summed E-state index contributed by atoms with van der Waals surface area (Å²) in [6.45, 7) is 0. The van der Waals surface area contributed by atoms with Gasteiger partial charge in [0.2, 0.25) is 0 Å². The van der Waals surface area contributed by atoms with E-state index in [9.17, 15) is 4.79 Å². The summed E-state index contributed by atoms with van der Waals surface area (Å²) in [5.74, 6) is 1.35. The second-order valence-corrected chi connectivity index (χ2v) is 5.41. The second-order valence-electron chi connectivity index (χ2n) is 3.38. The quantitative estimate of drug-likeness (QED) is 0.546. The van der Waals surface area contributed by atoms with Crippen LogP contribution in [-0.2, 0) is 0 Å². The fourth-order valence-corrected chi connectivity index (χ4v) is 2.94. The third-order valence-corrected chi connectivity index (χ3v) is 4.60. The van der Waals surface area contributed by atoms with Crippen molar-refractivity contribution in [3.8, 4) is 17.1 Å². The van der Waals surface area contributed by atoms with Crippen molar-refractivity contribution in [3.05, 3.63) is 37.9 Å². The van der Waals surface area contributed by atoms with Gasteiger partial charge in [0.25, 0.3) is 0 Å². The number of methoxy groups -OCH3 is 1. The van der Waals surface area contributed by atoms with Gasteiger partial charge in [0, 0.05) is 4.47 Å². The van der Waals surface area contributed by atoms with Gasteiger partial charge in [-0.1, -0.05) is 11.6 Å². The summed E-state index contributed by atoms with van der Waals surface area (Å²) in [5.41, 5.74) is 0.666. The SMILES string of the molecule is COc1cc(Br)c(Cl)c(Br)c1-c1ccc(C=O)o1. The van der Waals surface area contributed by atoms with Crippen LogP contribution in [0.15, 0.2) is 31.6 Å². The van der Waals surface area contributed by atoms with Crippen LogP contribution in [0.4, 0.5) is 0 Å². The number of carbonyl (C=O) groups excluding carboxylic acids is 1. The van der Waals surface area contributed by atoms with Crippen molar-refractivity contribution in [1.29, 1.82) is 0 Å². The van der Waals surface area contributed by atoms with E-state index in [0.717, 1.165) is 0 Å². The standard InChI is InChI=1S/C12H7Br2ClO3/c1-17-9-4-7(13)12(15)11(14)10(9)8-3-2-6(5-16)18-8/h2-5H,1H3. The number of hydrogen-bond acceptors (Lipinski definition) is 3. The van der Waals surface area contributed by atoms with E-state index in [4.69, 9.17) is 20.8 Å². The lowest BCUT2D eigenvalue weighted by molar-refractivity contribution is 0.110. The summed E-state index contributed by atoms with van der Waals surface area (Å²) < 4.78 is 12.0. The average Bonchev–Trinajstić information content (AvgIpc) is 2.83. The number of carbonyl (C=O) groups is 1. The van der Waals surface area contributed by atoms with Gasteiger partial charge < -0.3 is 9.15 Å². The van der Waals surface area contributed by atoms with Gasteiger partial charge >= 0.3 is 0 Å². The van der Waals surface area contributed by atoms with Gasteiger partial charge in [-0.15, -0.1) is 0 Å². The minimum Gasteiger partial charge on any atom is -0.496 e. The number of aldehydes is 1. The van der Waals surface area contributed by atoms with Crippen molar-refractivity contribution in [2.75, 3.05) is 7.11 Å². The summed E-state index contributed by atoms with van der Waals surface area (Å²) in [5, 5.41) is 0.509. The Kier molecular flexibility index (Phi) is 4.14. The molecule has 18 heavy (non-hydrogen) atoms. The smallest absolute Gasteiger partial charge is 0.185 e. The molecule has 0 radical (unpaired) electrons. The van der Waals surface area contributed by atoms with Crippen LogP contribution in [0.25, 0.3) is 11.3 Å². The molecule has 6 heteroatoms.